The van der Waals surface area contributed by atoms with Gasteiger partial charge in [-0.05, 0) is 72.4 Å². The summed E-state index contributed by atoms with van der Waals surface area (Å²) >= 11 is 6.07. The molecule has 0 unspecified atom stereocenters. The van der Waals surface area contributed by atoms with E-state index in [4.69, 9.17) is 25.8 Å². The van der Waals surface area contributed by atoms with Crippen molar-refractivity contribution in [3.8, 4) is 34.1 Å². The van der Waals surface area contributed by atoms with Gasteiger partial charge in [0.15, 0.2) is 11.5 Å². The van der Waals surface area contributed by atoms with Crippen molar-refractivity contribution in [3.05, 3.63) is 72.3 Å². The molecule has 0 saturated carbocycles. The third kappa shape index (κ3) is 11.9. The molecule has 0 saturated heterocycles. The Hall–Kier alpha value is -3.51. The summed E-state index contributed by atoms with van der Waals surface area (Å²) in [5.74, 6) is -0.289. The number of aromatic hydroxyl groups is 1. The van der Waals surface area contributed by atoms with E-state index in [1.807, 2.05) is 50.2 Å². The van der Waals surface area contributed by atoms with E-state index >= 15 is 0 Å². The van der Waals surface area contributed by atoms with Gasteiger partial charge in [-0.3, -0.25) is 4.79 Å². The van der Waals surface area contributed by atoms with Gasteiger partial charge in [0.05, 0.1) is 12.2 Å². The topological polar surface area (TPSA) is 82.1 Å². The summed E-state index contributed by atoms with van der Waals surface area (Å²) < 4.78 is 16.6. The van der Waals surface area contributed by atoms with Crippen LogP contribution < -0.4 is 14.2 Å². The van der Waals surface area contributed by atoms with Gasteiger partial charge < -0.3 is 19.3 Å². The van der Waals surface area contributed by atoms with E-state index in [0.29, 0.717) is 12.2 Å². The molecular formula is C36H45ClO6. The maximum atomic E-state index is 12.7. The predicted octanol–water partition coefficient (Wildman–Crippen LogP) is 9.75. The molecular weight excluding hydrogens is 564 g/mol. The molecule has 3 aromatic carbocycles. The number of carbonyl (C=O) groups is 2. The number of hydrogen-bond acceptors (Lipinski definition) is 6. The normalized spacial score (nSPS) is 11.7. The smallest absolute Gasteiger partial charge is 0.343 e. The second kappa shape index (κ2) is 18.2. The largest absolute Gasteiger partial charge is 0.504 e. The van der Waals surface area contributed by atoms with Crippen LogP contribution in [0.15, 0.2) is 66.7 Å². The van der Waals surface area contributed by atoms with E-state index in [0.717, 1.165) is 29.9 Å². The number of benzene rings is 3. The number of alkyl halides is 1. The third-order valence-electron chi connectivity index (χ3n) is 7.11. The minimum absolute atomic E-state index is 0.0692. The van der Waals surface area contributed by atoms with Crippen LogP contribution in [0.4, 0.5) is 0 Å². The lowest BCUT2D eigenvalue weighted by Crippen LogP contribution is -2.22. The number of halogens is 1. The minimum Gasteiger partial charge on any atom is -0.504 e. The Morgan fingerprint density at radius 2 is 1.30 bits per heavy atom. The summed E-state index contributed by atoms with van der Waals surface area (Å²) in [6.07, 6.45) is 12.0. The van der Waals surface area contributed by atoms with Gasteiger partial charge in [-0.25, -0.2) is 4.79 Å². The quantitative estimate of drug-likeness (QED) is 0.0670. The molecule has 0 bridgehead atoms. The fourth-order valence-corrected chi connectivity index (χ4v) is 5.04. The van der Waals surface area contributed by atoms with Gasteiger partial charge in [0.1, 0.15) is 16.9 Å². The maximum absolute atomic E-state index is 12.7. The van der Waals surface area contributed by atoms with Crippen molar-refractivity contribution in [2.45, 2.75) is 90.4 Å². The van der Waals surface area contributed by atoms with Gasteiger partial charge in [-0.15, -0.1) is 11.6 Å². The molecule has 3 aromatic rings. The van der Waals surface area contributed by atoms with Crippen molar-refractivity contribution in [1.82, 2.24) is 0 Å². The van der Waals surface area contributed by atoms with Crippen LogP contribution in [0, 0.1) is 5.92 Å². The molecule has 0 fully saturated rings. The van der Waals surface area contributed by atoms with Crippen LogP contribution in [0.3, 0.4) is 0 Å². The number of esters is 2. The van der Waals surface area contributed by atoms with Crippen molar-refractivity contribution < 1.29 is 28.9 Å². The van der Waals surface area contributed by atoms with Crippen molar-refractivity contribution >= 4 is 23.5 Å². The van der Waals surface area contributed by atoms with Gasteiger partial charge >= 0.3 is 11.9 Å². The Labute approximate surface area is 261 Å². The molecule has 0 aliphatic heterocycles. The van der Waals surface area contributed by atoms with Gasteiger partial charge in [0.2, 0.25) is 0 Å². The molecule has 0 spiro atoms. The third-order valence-corrected chi connectivity index (χ3v) is 7.46. The first-order chi connectivity index (χ1) is 20.8. The summed E-state index contributed by atoms with van der Waals surface area (Å²) in [7, 11) is 0. The monoisotopic (exact) mass is 608 g/mol. The van der Waals surface area contributed by atoms with Crippen LogP contribution in [0.5, 0.6) is 23.0 Å². The van der Waals surface area contributed by atoms with Crippen molar-refractivity contribution in [1.29, 1.82) is 0 Å². The standard InChI is InChI=1S/C36H45ClO6/c1-4-5-6-7-8-9-10-11-12-23-41-30-18-13-27(14-19-30)28-15-20-31(21-16-28)42-35(39)29-17-22-34(33(38)25-29)43-36(40)32(37)24-26(2)3/h13-22,25-26,32,38H,4-12,23-24H2,1-3H3/t32-/m0/s1. The lowest BCUT2D eigenvalue weighted by Gasteiger charge is -2.13. The van der Waals surface area contributed by atoms with Gasteiger partial charge in [0.25, 0.3) is 0 Å². The summed E-state index contributed by atoms with van der Waals surface area (Å²) in [5, 5.41) is 9.46. The Balaban J connectivity index is 1.43. The summed E-state index contributed by atoms with van der Waals surface area (Å²) in [6, 6.07) is 19.1. The van der Waals surface area contributed by atoms with Crippen LogP contribution in [-0.2, 0) is 4.79 Å². The number of phenolic OH excluding ortho intramolecular Hbond substituents is 1. The number of rotatable bonds is 18. The fourth-order valence-electron chi connectivity index (χ4n) is 4.64. The Morgan fingerprint density at radius 1 is 0.744 bits per heavy atom. The lowest BCUT2D eigenvalue weighted by molar-refractivity contribution is -0.134. The number of ether oxygens (including phenoxy) is 3. The molecule has 1 atom stereocenters. The number of carbonyl (C=O) groups excluding carboxylic acids is 2. The van der Waals surface area contributed by atoms with Crippen molar-refractivity contribution in [2.75, 3.05) is 6.61 Å². The maximum Gasteiger partial charge on any atom is 0.343 e. The fraction of sp³-hybridized carbons (Fsp3) is 0.444. The van der Waals surface area contributed by atoms with E-state index < -0.39 is 17.3 Å². The zero-order chi connectivity index (χ0) is 31.0. The van der Waals surface area contributed by atoms with Gasteiger partial charge in [0, 0.05) is 0 Å². The highest BCUT2D eigenvalue weighted by atomic mass is 35.5. The molecule has 7 heteroatoms. The zero-order valence-corrected chi connectivity index (χ0v) is 26.4. The molecule has 0 radical (unpaired) electrons. The summed E-state index contributed by atoms with van der Waals surface area (Å²) in [4.78, 5) is 24.8. The lowest BCUT2D eigenvalue weighted by atomic mass is 10.1. The minimum atomic E-state index is -0.826. The van der Waals surface area contributed by atoms with Crippen LogP contribution in [0.25, 0.3) is 11.1 Å². The highest BCUT2D eigenvalue weighted by molar-refractivity contribution is 6.30. The molecule has 3 rings (SSSR count). The Morgan fingerprint density at radius 3 is 1.86 bits per heavy atom. The number of phenols is 1. The molecule has 0 heterocycles. The SMILES string of the molecule is CCCCCCCCCCCOc1ccc(-c2ccc(OC(=O)c3ccc(OC(=O)[C@@H](Cl)CC(C)C)c(O)c3)cc2)cc1. The molecule has 0 aliphatic rings. The highest BCUT2D eigenvalue weighted by Gasteiger charge is 2.21. The molecule has 6 nitrogen and oxygen atoms in total. The molecule has 1 N–H and O–H groups in total. The average molecular weight is 609 g/mol. The van der Waals surface area contributed by atoms with Crippen LogP contribution >= 0.6 is 11.6 Å². The summed E-state index contributed by atoms with van der Waals surface area (Å²) in [5.41, 5.74) is 2.11. The van der Waals surface area contributed by atoms with Crippen LogP contribution in [0.2, 0.25) is 0 Å². The summed E-state index contributed by atoms with van der Waals surface area (Å²) in [6.45, 7) is 6.87. The van der Waals surface area contributed by atoms with E-state index in [1.54, 1.807) is 12.1 Å². The first-order valence-electron chi connectivity index (χ1n) is 15.5. The molecule has 0 aromatic heterocycles. The first kappa shape index (κ1) is 34.0. The van der Waals surface area contributed by atoms with Crippen LogP contribution in [-0.4, -0.2) is 29.0 Å². The Bertz CT molecular complexity index is 1270. The second-order valence-corrected chi connectivity index (χ2v) is 11.8. The molecule has 0 aliphatic carbocycles. The average Bonchev–Trinajstić information content (AvgIpc) is 2.99. The van der Waals surface area contributed by atoms with Crippen molar-refractivity contribution in [3.63, 3.8) is 0 Å². The first-order valence-corrected chi connectivity index (χ1v) is 15.9. The van der Waals surface area contributed by atoms with Gasteiger partial charge in [-0.2, -0.15) is 0 Å². The molecule has 232 valence electrons. The van der Waals surface area contributed by atoms with E-state index in [1.165, 1.54) is 69.6 Å². The van der Waals surface area contributed by atoms with E-state index in [-0.39, 0.29) is 23.0 Å². The molecule has 43 heavy (non-hydrogen) atoms. The number of unbranched alkanes of at least 4 members (excludes halogenated alkanes) is 8. The number of hydrogen-bond donors (Lipinski definition) is 1. The van der Waals surface area contributed by atoms with E-state index in [2.05, 4.69) is 6.92 Å². The van der Waals surface area contributed by atoms with E-state index in [9.17, 15) is 14.7 Å². The molecule has 0 amide bonds. The van der Waals surface area contributed by atoms with Crippen LogP contribution in [0.1, 0.15) is 95.3 Å². The highest BCUT2D eigenvalue weighted by Crippen LogP contribution is 2.29. The van der Waals surface area contributed by atoms with Gasteiger partial charge in [-0.1, -0.05) is 96.4 Å². The second-order valence-electron chi connectivity index (χ2n) is 11.3. The predicted molar refractivity (Wildman–Crippen MR) is 172 cm³/mol. The Kier molecular flexibility index (Phi) is 14.4. The zero-order valence-electron chi connectivity index (χ0n) is 25.7. The van der Waals surface area contributed by atoms with Crippen molar-refractivity contribution in [2.24, 2.45) is 5.92 Å².